The molecule has 1 amide bonds. The molecule has 2 heterocycles. The van der Waals surface area contributed by atoms with E-state index in [1.807, 2.05) is 19.1 Å². The first-order chi connectivity index (χ1) is 11.0. The molecule has 1 aromatic carbocycles. The van der Waals surface area contributed by atoms with Crippen molar-refractivity contribution >= 4 is 39.7 Å². The van der Waals surface area contributed by atoms with E-state index in [9.17, 15) is 13.2 Å². The molecule has 0 aliphatic carbocycles. The average molecular weight is 374 g/mol. The lowest BCUT2D eigenvalue weighted by Gasteiger charge is -2.20. The molecule has 0 bridgehead atoms. The Balaban J connectivity index is 0.00000208. The first kappa shape index (κ1) is 19.0. The molecule has 2 saturated heterocycles. The topological polar surface area (TPSA) is 78.5 Å². The quantitative estimate of drug-likeness (QED) is 0.846. The number of benzene rings is 1. The van der Waals surface area contributed by atoms with Crippen LogP contribution in [-0.4, -0.2) is 39.2 Å². The van der Waals surface area contributed by atoms with Gasteiger partial charge in [-0.05, 0) is 50.4 Å². The molecule has 0 radical (unpaired) electrons. The van der Waals surface area contributed by atoms with Crippen molar-refractivity contribution in [3.8, 4) is 0 Å². The summed E-state index contributed by atoms with van der Waals surface area (Å²) in [6.45, 7) is 3.36. The lowest BCUT2D eigenvalue weighted by atomic mass is 10.1. The number of carbonyl (C=O) groups is 1. The van der Waals surface area contributed by atoms with E-state index >= 15 is 0 Å². The number of halogens is 1. The number of hydrogen-bond donors (Lipinski definition) is 2. The molecule has 1 atom stereocenters. The lowest BCUT2D eigenvalue weighted by molar-refractivity contribution is -0.116. The van der Waals surface area contributed by atoms with Crippen molar-refractivity contribution in [1.82, 2.24) is 5.32 Å². The number of aryl methyl sites for hydroxylation is 1. The van der Waals surface area contributed by atoms with Gasteiger partial charge in [0.25, 0.3) is 0 Å². The van der Waals surface area contributed by atoms with Crippen molar-refractivity contribution in [2.24, 2.45) is 0 Å². The summed E-state index contributed by atoms with van der Waals surface area (Å²) in [5.41, 5.74) is 2.21. The minimum absolute atomic E-state index is 0. The number of carbonyl (C=O) groups excluding carboxylic acids is 1. The van der Waals surface area contributed by atoms with Crippen LogP contribution in [0.15, 0.2) is 18.2 Å². The summed E-state index contributed by atoms with van der Waals surface area (Å²) in [4.78, 5) is 12.1. The van der Waals surface area contributed by atoms with E-state index in [1.54, 1.807) is 6.07 Å². The largest absolute Gasteiger partial charge is 0.326 e. The van der Waals surface area contributed by atoms with Crippen LogP contribution in [0.2, 0.25) is 0 Å². The maximum atomic E-state index is 12.1. The molecule has 134 valence electrons. The fourth-order valence-corrected chi connectivity index (χ4v) is 4.85. The molecule has 0 spiro atoms. The van der Waals surface area contributed by atoms with Crippen LogP contribution in [0.25, 0.3) is 0 Å². The van der Waals surface area contributed by atoms with Crippen LogP contribution in [0.5, 0.6) is 0 Å². The molecule has 2 fully saturated rings. The standard InChI is InChI=1S/C16H23N3O3S.ClH/c1-12-5-6-14(18-16(20)11-13-4-2-7-17-13)10-15(12)19-8-3-9-23(19,21)22;/h5-6,10,13,17H,2-4,7-9,11H2,1H3,(H,18,20);1H. The highest BCUT2D eigenvalue weighted by atomic mass is 35.5. The van der Waals surface area contributed by atoms with Crippen LogP contribution in [0, 0.1) is 6.92 Å². The van der Waals surface area contributed by atoms with Gasteiger partial charge in [-0.15, -0.1) is 12.4 Å². The maximum absolute atomic E-state index is 12.1. The fourth-order valence-electron chi connectivity index (χ4n) is 3.23. The van der Waals surface area contributed by atoms with Gasteiger partial charge < -0.3 is 10.6 Å². The van der Waals surface area contributed by atoms with E-state index in [2.05, 4.69) is 10.6 Å². The molecule has 3 rings (SSSR count). The number of sulfonamides is 1. The van der Waals surface area contributed by atoms with E-state index in [4.69, 9.17) is 0 Å². The van der Waals surface area contributed by atoms with E-state index in [-0.39, 0.29) is 30.1 Å². The highest BCUT2D eigenvalue weighted by Crippen LogP contribution is 2.30. The van der Waals surface area contributed by atoms with Crippen LogP contribution in [0.4, 0.5) is 11.4 Å². The zero-order chi connectivity index (χ0) is 16.4. The maximum Gasteiger partial charge on any atom is 0.235 e. The van der Waals surface area contributed by atoms with E-state index in [0.29, 0.717) is 30.8 Å². The molecule has 0 aromatic heterocycles. The van der Waals surface area contributed by atoms with Crippen molar-refractivity contribution in [3.05, 3.63) is 23.8 Å². The van der Waals surface area contributed by atoms with Gasteiger partial charge in [-0.25, -0.2) is 8.42 Å². The first-order valence-electron chi connectivity index (χ1n) is 8.10. The van der Waals surface area contributed by atoms with Gasteiger partial charge in [0, 0.05) is 24.7 Å². The van der Waals surface area contributed by atoms with E-state index in [0.717, 1.165) is 24.9 Å². The molecule has 6 nitrogen and oxygen atoms in total. The molecule has 2 N–H and O–H groups in total. The van der Waals surface area contributed by atoms with Crippen LogP contribution in [0.3, 0.4) is 0 Å². The molecular formula is C16H24ClN3O3S. The predicted octanol–water partition coefficient (Wildman–Crippen LogP) is 2.04. The second-order valence-electron chi connectivity index (χ2n) is 6.29. The predicted molar refractivity (Wildman–Crippen MR) is 98.4 cm³/mol. The molecule has 0 saturated carbocycles. The van der Waals surface area contributed by atoms with Crippen molar-refractivity contribution < 1.29 is 13.2 Å². The molecule has 8 heteroatoms. The van der Waals surface area contributed by atoms with Gasteiger partial charge in [0.2, 0.25) is 15.9 Å². The van der Waals surface area contributed by atoms with Gasteiger partial charge in [0.05, 0.1) is 11.4 Å². The zero-order valence-electron chi connectivity index (χ0n) is 13.7. The number of nitrogens with zero attached hydrogens (tertiary/aromatic N) is 1. The average Bonchev–Trinajstić information content (AvgIpc) is 3.10. The van der Waals surface area contributed by atoms with Gasteiger partial charge in [0.15, 0.2) is 0 Å². The number of nitrogens with one attached hydrogen (secondary N) is 2. The van der Waals surface area contributed by atoms with Gasteiger partial charge in [-0.2, -0.15) is 0 Å². The summed E-state index contributed by atoms with van der Waals surface area (Å²) in [6.07, 6.45) is 3.23. The van der Waals surface area contributed by atoms with Gasteiger partial charge in [-0.1, -0.05) is 6.07 Å². The van der Waals surface area contributed by atoms with Crippen molar-refractivity contribution in [1.29, 1.82) is 0 Å². The summed E-state index contributed by atoms with van der Waals surface area (Å²) in [5, 5.41) is 6.19. The Kier molecular flexibility index (Phi) is 6.11. The minimum atomic E-state index is -3.22. The van der Waals surface area contributed by atoms with Crippen molar-refractivity contribution in [3.63, 3.8) is 0 Å². The van der Waals surface area contributed by atoms with Crippen molar-refractivity contribution in [2.75, 3.05) is 28.5 Å². The zero-order valence-corrected chi connectivity index (χ0v) is 15.4. The highest BCUT2D eigenvalue weighted by Gasteiger charge is 2.29. The lowest BCUT2D eigenvalue weighted by Crippen LogP contribution is -2.28. The third-order valence-electron chi connectivity index (χ3n) is 4.46. The SMILES string of the molecule is Cc1ccc(NC(=O)CC2CCCN2)cc1N1CCCS1(=O)=O.Cl. The third-order valence-corrected chi connectivity index (χ3v) is 6.31. The van der Waals surface area contributed by atoms with Crippen LogP contribution < -0.4 is 14.9 Å². The summed E-state index contributed by atoms with van der Waals surface area (Å²) in [5.74, 6) is 0.152. The molecule has 2 aliphatic rings. The first-order valence-corrected chi connectivity index (χ1v) is 9.71. The van der Waals surface area contributed by atoms with Crippen LogP contribution in [-0.2, 0) is 14.8 Å². The summed E-state index contributed by atoms with van der Waals surface area (Å²) < 4.78 is 25.7. The normalized spacial score (nSPS) is 22.2. The van der Waals surface area contributed by atoms with Crippen LogP contribution in [0.1, 0.15) is 31.2 Å². The number of hydrogen-bond acceptors (Lipinski definition) is 4. The fraction of sp³-hybridized carbons (Fsp3) is 0.562. The number of anilines is 2. The van der Waals surface area contributed by atoms with E-state index in [1.165, 1.54) is 4.31 Å². The second kappa shape index (κ2) is 7.72. The summed E-state index contributed by atoms with van der Waals surface area (Å²) in [7, 11) is -3.22. The van der Waals surface area contributed by atoms with Gasteiger partial charge >= 0.3 is 0 Å². The summed E-state index contributed by atoms with van der Waals surface area (Å²) in [6, 6.07) is 5.69. The van der Waals surface area contributed by atoms with Crippen molar-refractivity contribution in [2.45, 2.75) is 38.6 Å². The summed E-state index contributed by atoms with van der Waals surface area (Å²) >= 11 is 0. The Morgan fingerprint density at radius 2 is 2.17 bits per heavy atom. The third kappa shape index (κ3) is 4.20. The highest BCUT2D eigenvalue weighted by molar-refractivity contribution is 7.93. The Morgan fingerprint density at radius 1 is 1.38 bits per heavy atom. The number of amides is 1. The second-order valence-corrected chi connectivity index (χ2v) is 8.30. The molecule has 1 unspecified atom stereocenters. The minimum Gasteiger partial charge on any atom is -0.326 e. The Labute approximate surface area is 149 Å². The molecule has 1 aromatic rings. The Hall–Kier alpha value is -1.31. The van der Waals surface area contributed by atoms with Gasteiger partial charge in [-0.3, -0.25) is 9.10 Å². The molecular weight excluding hydrogens is 350 g/mol. The monoisotopic (exact) mass is 373 g/mol. The van der Waals surface area contributed by atoms with E-state index < -0.39 is 10.0 Å². The molecule has 2 aliphatic heterocycles. The smallest absolute Gasteiger partial charge is 0.235 e. The molecule has 24 heavy (non-hydrogen) atoms. The number of rotatable bonds is 4. The Bertz CT molecular complexity index is 703. The van der Waals surface area contributed by atoms with Crippen LogP contribution >= 0.6 is 12.4 Å². The van der Waals surface area contributed by atoms with Gasteiger partial charge in [0.1, 0.15) is 0 Å². The Morgan fingerprint density at radius 3 is 2.79 bits per heavy atom.